The minimum atomic E-state index is -0.0468. The molecule has 1 atom stereocenters. The van der Waals surface area contributed by atoms with E-state index in [1.54, 1.807) is 18.2 Å². The van der Waals surface area contributed by atoms with E-state index in [4.69, 9.17) is 28.9 Å². The number of carbonyl (C=O) groups excluding carboxylic acids is 1. The molecule has 0 unspecified atom stereocenters. The highest BCUT2D eigenvalue weighted by molar-refractivity contribution is 6.42. The zero-order valence-corrected chi connectivity index (χ0v) is 12.8. The molecule has 3 N–H and O–H groups in total. The Morgan fingerprint density at radius 2 is 2.00 bits per heavy atom. The lowest BCUT2D eigenvalue weighted by Crippen LogP contribution is -2.23. The molecule has 0 fully saturated rings. The van der Waals surface area contributed by atoms with Crippen molar-refractivity contribution in [3.63, 3.8) is 0 Å². The lowest BCUT2D eigenvalue weighted by molar-refractivity contribution is -0.117. The van der Waals surface area contributed by atoms with Gasteiger partial charge in [-0.15, -0.1) is 0 Å². The number of benzene rings is 1. The number of rotatable bonds is 6. The summed E-state index contributed by atoms with van der Waals surface area (Å²) in [5, 5.41) is 3.71. The molecule has 1 amide bonds. The van der Waals surface area contributed by atoms with Gasteiger partial charge in [0.1, 0.15) is 0 Å². The maximum Gasteiger partial charge on any atom is 0.224 e. The minimum Gasteiger partial charge on any atom is -0.330 e. The minimum absolute atomic E-state index is 0.0468. The predicted octanol–water partition coefficient (Wildman–Crippen LogP) is 3.94. The maximum absolute atomic E-state index is 11.9. The first-order chi connectivity index (χ1) is 8.92. The number of nitrogens with one attached hydrogen (secondary N) is 1. The Morgan fingerprint density at radius 1 is 1.32 bits per heavy atom. The van der Waals surface area contributed by atoms with Crippen LogP contribution in [0.1, 0.15) is 26.7 Å². The number of hydrogen-bond donors (Lipinski definition) is 2. The van der Waals surface area contributed by atoms with Gasteiger partial charge in [-0.3, -0.25) is 4.79 Å². The van der Waals surface area contributed by atoms with Gasteiger partial charge in [-0.2, -0.15) is 0 Å². The number of nitrogens with two attached hydrogens (primary N) is 1. The van der Waals surface area contributed by atoms with Crippen LogP contribution in [0, 0.1) is 11.8 Å². The molecule has 0 radical (unpaired) electrons. The van der Waals surface area contributed by atoms with Crippen LogP contribution in [0.4, 0.5) is 5.69 Å². The lowest BCUT2D eigenvalue weighted by atomic mass is 9.94. The van der Waals surface area contributed by atoms with Gasteiger partial charge < -0.3 is 11.1 Å². The van der Waals surface area contributed by atoms with E-state index in [1.165, 1.54) is 0 Å². The molecule has 0 aliphatic rings. The van der Waals surface area contributed by atoms with Crippen LogP contribution in [0.2, 0.25) is 10.0 Å². The number of carbonyl (C=O) groups is 1. The molecule has 1 rings (SSSR count). The van der Waals surface area contributed by atoms with Crippen molar-refractivity contribution in [3.8, 4) is 0 Å². The van der Waals surface area contributed by atoms with Crippen molar-refractivity contribution < 1.29 is 4.79 Å². The average molecular weight is 303 g/mol. The molecule has 0 aliphatic carbocycles. The van der Waals surface area contributed by atoms with Gasteiger partial charge in [-0.25, -0.2) is 0 Å². The summed E-state index contributed by atoms with van der Waals surface area (Å²) in [4.78, 5) is 11.9. The van der Waals surface area contributed by atoms with E-state index in [0.717, 1.165) is 6.42 Å². The van der Waals surface area contributed by atoms with Gasteiger partial charge in [-0.1, -0.05) is 37.0 Å². The van der Waals surface area contributed by atoms with Crippen molar-refractivity contribution >= 4 is 34.8 Å². The number of anilines is 1. The molecule has 0 saturated heterocycles. The Morgan fingerprint density at radius 3 is 2.53 bits per heavy atom. The Kier molecular flexibility index (Phi) is 6.63. The van der Waals surface area contributed by atoms with Crippen LogP contribution < -0.4 is 11.1 Å². The Hall–Kier alpha value is -0.770. The molecule has 0 aliphatic heterocycles. The largest absolute Gasteiger partial charge is 0.330 e. The monoisotopic (exact) mass is 302 g/mol. The zero-order chi connectivity index (χ0) is 14.4. The van der Waals surface area contributed by atoms with Crippen LogP contribution in [0.3, 0.4) is 0 Å². The zero-order valence-electron chi connectivity index (χ0n) is 11.2. The molecule has 5 heteroatoms. The highest BCUT2D eigenvalue weighted by Crippen LogP contribution is 2.25. The smallest absolute Gasteiger partial charge is 0.224 e. The van der Waals surface area contributed by atoms with E-state index in [9.17, 15) is 4.79 Å². The average Bonchev–Trinajstić information content (AvgIpc) is 2.32. The fourth-order valence-corrected chi connectivity index (χ4v) is 2.28. The van der Waals surface area contributed by atoms with Gasteiger partial charge >= 0.3 is 0 Å². The van der Waals surface area contributed by atoms with Gasteiger partial charge in [0.05, 0.1) is 10.0 Å². The van der Waals surface area contributed by atoms with E-state index in [-0.39, 0.29) is 11.8 Å². The summed E-state index contributed by atoms with van der Waals surface area (Å²) in [6.45, 7) is 4.77. The summed E-state index contributed by atoms with van der Waals surface area (Å²) < 4.78 is 0. The van der Waals surface area contributed by atoms with Crippen LogP contribution in [0.25, 0.3) is 0 Å². The third-order valence-electron chi connectivity index (χ3n) is 2.82. The summed E-state index contributed by atoms with van der Waals surface area (Å²) >= 11 is 11.7. The van der Waals surface area contributed by atoms with Crippen molar-refractivity contribution in [3.05, 3.63) is 28.2 Å². The fraction of sp³-hybridized carbons (Fsp3) is 0.500. The topological polar surface area (TPSA) is 55.1 Å². The SMILES string of the molecule is CC(C)C[C@H](CN)CC(=O)Nc1ccc(Cl)c(Cl)c1. The second kappa shape index (κ2) is 7.73. The molecule has 106 valence electrons. The van der Waals surface area contributed by atoms with Crippen LogP contribution in [0.15, 0.2) is 18.2 Å². The predicted molar refractivity (Wildman–Crippen MR) is 81.7 cm³/mol. The van der Waals surface area contributed by atoms with Crippen LogP contribution >= 0.6 is 23.2 Å². The van der Waals surface area contributed by atoms with Crippen LogP contribution in [0.5, 0.6) is 0 Å². The molecule has 0 spiro atoms. The van der Waals surface area contributed by atoms with Crippen LogP contribution in [-0.2, 0) is 4.79 Å². The second-order valence-corrected chi connectivity index (χ2v) is 5.93. The molecule has 0 bridgehead atoms. The second-order valence-electron chi connectivity index (χ2n) is 5.11. The van der Waals surface area contributed by atoms with E-state index in [0.29, 0.717) is 34.6 Å². The van der Waals surface area contributed by atoms with Crippen LogP contribution in [-0.4, -0.2) is 12.5 Å². The van der Waals surface area contributed by atoms with Crippen molar-refractivity contribution in [2.75, 3.05) is 11.9 Å². The molecule has 0 aromatic heterocycles. The van der Waals surface area contributed by atoms with Gasteiger partial charge in [0.15, 0.2) is 0 Å². The first-order valence-electron chi connectivity index (χ1n) is 6.37. The molecular weight excluding hydrogens is 283 g/mol. The van der Waals surface area contributed by atoms with Gasteiger partial charge in [0, 0.05) is 12.1 Å². The summed E-state index contributed by atoms with van der Waals surface area (Å²) in [5.41, 5.74) is 6.34. The maximum atomic E-state index is 11.9. The number of halogens is 2. The standard InChI is InChI=1S/C14H20Cl2N2O/c1-9(2)5-10(8-17)6-14(19)18-11-3-4-12(15)13(16)7-11/h3-4,7,9-10H,5-6,8,17H2,1-2H3,(H,18,19)/t10-/m0/s1. The summed E-state index contributed by atoms with van der Waals surface area (Å²) in [7, 11) is 0. The molecule has 1 aromatic carbocycles. The first-order valence-corrected chi connectivity index (χ1v) is 7.13. The molecule has 3 nitrogen and oxygen atoms in total. The van der Waals surface area contributed by atoms with E-state index >= 15 is 0 Å². The van der Waals surface area contributed by atoms with Gasteiger partial charge in [0.25, 0.3) is 0 Å². The van der Waals surface area contributed by atoms with Gasteiger partial charge in [0.2, 0.25) is 5.91 Å². The van der Waals surface area contributed by atoms with E-state index in [1.807, 2.05) is 0 Å². The number of hydrogen-bond acceptors (Lipinski definition) is 2. The highest BCUT2D eigenvalue weighted by Gasteiger charge is 2.14. The summed E-state index contributed by atoms with van der Waals surface area (Å²) in [6, 6.07) is 5.03. The highest BCUT2D eigenvalue weighted by atomic mass is 35.5. The quantitative estimate of drug-likeness (QED) is 0.836. The number of amides is 1. The Bertz CT molecular complexity index is 435. The third kappa shape index (κ3) is 5.81. The van der Waals surface area contributed by atoms with Crippen molar-refractivity contribution in [1.82, 2.24) is 0 Å². The molecule has 19 heavy (non-hydrogen) atoms. The normalized spacial score (nSPS) is 12.5. The van der Waals surface area contributed by atoms with Crippen molar-refractivity contribution in [2.45, 2.75) is 26.7 Å². The molecule has 1 aromatic rings. The van der Waals surface area contributed by atoms with Crippen molar-refractivity contribution in [2.24, 2.45) is 17.6 Å². The first kappa shape index (κ1) is 16.3. The third-order valence-corrected chi connectivity index (χ3v) is 3.55. The fourth-order valence-electron chi connectivity index (χ4n) is 1.98. The molecular formula is C14H20Cl2N2O. The summed E-state index contributed by atoms with van der Waals surface area (Å²) in [6.07, 6.45) is 1.38. The van der Waals surface area contributed by atoms with E-state index < -0.39 is 0 Å². The Labute approximate surface area is 124 Å². The molecule has 0 heterocycles. The molecule has 0 saturated carbocycles. The van der Waals surface area contributed by atoms with Gasteiger partial charge in [-0.05, 0) is 43.0 Å². The Balaban J connectivity index is 2.56. The van der Waals surface area contributed by atoms with Crippen molar-refractivity contribution in [1.29, 1.82) is 0 Å². The lowest BCUT2D eigenvalue weighted by Gasteiger charge is -2.16. The summed E-state index contributed by atoms with van der Waals surface area (Å²) in [5.74, 6) is 0.698. The van der Waals surface area contributed by atoms with E-state index in [2.05, 4.69) is 19.2 Å².